The summed E-state index contributed by atoms with van der Waals surface area (Å²) in [6.07, 6.45) is 1.14. The molecule has 0 aliphatic rings. The number of anilines is 1. The van der Waals surface area contributed by atoms with Gasteiger partial charge in [0.1, 0.15) is 12.1 Å². The number of nitrogens with two attached hydrogens (primary N) is 1. The predicted molar refractivity (Wildman–Crippen MR) is 67.9 cm³/mol. The number of fused-ring (bicyclic) bond motifs is 1. The molecule has 0 saturated heterocycles. The van der Waals surface area contributed by atoms with Crippen molar-refractivity contribution in [3.63, 3.8) is 0 Å². The zero-order valence-electron chi connectivity index (χ0n) is 9.75. The van der Waals surface area contributed by atoms with Crippen molar-refractivity contribution < 1.29 is 9.84 Å². The van der Waals surface area contributed by atoms with E-state index in [2.05, 4.69) is 9.97 Å². The number of aliphatic hydroxyl groups excluding tert-OH is 1. The van der Waals surface area contributed by atoms with E-state index >= 15 is 0 Å². The van der Waals surface area contributed by atoms with Gasteiger partial charge in [-0.1, -0.05) is 0 Å². The highest BCUT2D eigenvalue weighted by Crippen LogP contribution is 2.33. The van der Waals surface area contributed by atoms with Crippen molar-refractivity contribution in [2.45, 2.75) is 26.1 Å². The van der Waals surface area contributed by atoms with E-state index in [-0.39, 0.29) is 18.8 Å². The highest BCUT2D eigenvalue weighted by atomic mass is 32.1. The molecule has 2 aromatic rings. The molecule has 0 fully saturated rings. The van der Waals surface area contributed by atoms with Crippen LogP contribution in [0.4, 0.5) is 5.82 Å². The molecule has 6 heteroatoms. The average molecular weight is 253 g/mol. The minimum absolute atomic E-state index is 0.00473. The molecule has 0 saturated carbocycles. The van der Waals surface area contributed by atoms with Gasteiger partial charge in [0, 0.05) is 5.38 Å². The molecular weight excluding hydrogens is 238 g/mol. The lowest BCUT2D eigenvalue weighted by Gasteiger charge is -2.16. The quantitative estimate of drug-likeness (QED) is 0.867. The van der Waals surface area contributed by atoms with Crippen LogP contribution in [0.25, 0.3) is 10.9 Å². The molecule has 0 aliphatic carbocycles. The van der Waals surface area contributed by atoms with Gasteiger partial charge in [-0.2, -0.15) is 0 Å². The maximum absolute atomic E-state index is 8.97. The first-order valence-electron chi connectivity index (χ1n) is 5.37. The predicted octanol–water partition coefficient (Wildman–Crippen LogP) is 1.73. The molecule has 0 amide bonds. The minimum Gasteiger partial charge on any atom is -0.394 e. The number of aromatic nitrogens is 2. The van der Waals surface area contributed by atoms with Crippen LogP contribution < -0.4 is 5.73 Å². The summed E-state index contributed by atoms with van der Waals surface area (Å²) < 4.78 is 5.65. The number of nitrogen functional groups attached to an aromatic ring is 1. The van der Waals surface area contributed by atoms with Gasteiger partial charge in [0.15, 0.2) is 0 Å². The normalized spacial score (nSPS) is 15.0. The van der Waals surface area contributed by atoms with Gasteiger partial charge in [-0.3, -0.25) is 0 Å². The molecule has 0 aromatic carbocycles. The van der Waals surface area contributed by atoms with Gasteiger partial charge in [0.05, 0.1) is 34.6 Å². The van der Waals surface area contributed by atoms with Crippen LogP contribution in [0.5, 0.6) is 0 Å². The first-order valence-corrected chi connectivity index (χ1v) is 6.25. The standard InChI is InChI=1S/C11H15N3O2S/c1-6(3-15)16-7(2)10-9-8(4-17-10)11(12)14-5-13-9/h4-7,15H,3H2,1-2H3,(H2,12,13,14). The molecule has 0 spiro atoms. The lowest BCUT2D eigenvalue weighted by molar-refractivity contribution is -0.0199. The zero-order chi connectivity index (χ0) is 12.4. The van der Waals surface area contributed by atoms with Gasteiger partial charge >= 0.3 is 0 Å². The highest BCUT2D eigenvalue weighted by molar-refractivity contribution is 7.11. The van der Waals surface area contributed by atoms with Crippen molar-refractivity contribution in [1.82, 2.24) is 9.97 Å². The van der Waals surface area contributed by atoms with Crippen molar-refractivity contribution in [3.8, 4) is 0 Å². The Bertz CT molecular complexity index is 514. The van der Waals surface area contributed by atoms with E-state index in [0.717, 1.165) is 15.8 Å². The number of nitrogens with zero attached hydrogens (tertiary/aromatic N) is 2. The second-order valence-electron chi connectivity index (χ2n) is 3.89. The highest BCUT2D eigenvalue weighted by Gasteiger charge is 2.17. The van der Waals surface area contributed by atoms with Gasteiger partial charge in [0.2, 0.25) is 0 Å². The molecule has 0 bridgehead atoms. The van der Waals surface area contributed by atoms with Crippen LogP contribution >= 0.6 is 11.3 Å². The Balaban J connectivity index is 2.33. The second-order valence-corrected chi connectivity index (χ2v) is 4.80. The van der Waals surface area contributed by atoms with Gasteiger partial charge in [-0.05, 0) is 13.8 Å². The molecule has 5 nitrogen and oxygen atoms in total. The maximum atomic E-state index is 8.97. The minimum atomic E-state index is -0.193. The Labute approximate surface area is 103 Å². The smallest absolute Gasteiger partial charge is 0.135 e. The molecular formula is C11H15N3O2S. The fourth-order valence-electron chi connectivity index (χ4n) is 1.64. The molecule has 2 heterocycles. The zero-order valence-corrected chi connectivity index (χ0v) is 10.6. The molecule has 0 radical (unpaired) electrons. The van der Waals surface area contributed by atoms with E-state index < -0.39 is 0 Å². The van der Waals surface area contributed by atoms with E-state index in [1.165, 1.54) is 6.33 Å². The van der Waals surface area contributed by atoms with Crippen LogP contribution in [-0.4, -0.2) is 27.8 Å². The Morgan fingerprint density at radius 3 is 2.94 bits per heavy atom. The Kier molecular flexibility index (Phi) is 3.56. The van der Waals surface area contributed by atoms with Gasteiger partial charge < -0.3 is 15.6 Å². The molecule has 2 atom stereocenters. The summed E-state index contributed by atoms with van der Waals surface area (Å²) in [7, 11) is 0. The van der Waals surface area contributed by atoms with Crippen LogP contribution in [0.1, 0.15) is 24.8 Å². The molecule has 3 N–H and O–H groups in total. The largest absolute Gasteiger partial charge is 0.394 e. The molecule has 2 aromatic heterocycles. The third-order valence-corrected chi connectivity index (χ3v) is 3.65. The van der Waals surface area contributed by atoms with Crippen LogP contribution in [0.2, 0.25) is 0 Å². The molecule has 2 rings (SSSR count). The first-order chi connectivity index (χ1) is 8.13. The lowest BCUT2D eigenvalue weighted by atomic mass is 10.2. The number of thiophene rings is 1. The van der Waals surface area contributed by atoms with Crippen LogP contribution in [0.3, 0.4) is 0 Å². The van der Waals surface area contributed by atoms with Crippen molar-refractivity contribution in [1.29, 1.82) is 0 Å². The van der Waals surface area contributed by atoms with Gasteiger partial charge in [-0.15, -0.1) is 11.3 Å². The number of rotatable bonds is 4. The number of hydrogen-bond donors (Lipinski definition) is 2. The summed E-state index contributed by atoms with van der Waals surface area (Å²) >= 11 is 1.55. The van der Waals surface area contributed by atoms with Crippen LogP contribution in [0, 0.1) is 0 Å². The van der Waals surface area contributed by atoms with E-state index in [0.29, 0.717) is 5.82 Å². The van der Waals surface area contributed by atoms with Crippen molar-refractivity contribution in [2.24, 2.45) is 0 Å². The van der Waals surface area contributed by atoms with Crippen molar-refractivity contribution >= 4 is 28.1 Å². The summed E-state index contributed by atoms with van der Waals surface area (Å²) in [6.45, 7) is 3.77. The Morgan fingerprint density at radius 2 is 2.24 bits per heavy atom. The third-order valence-electron chi connectivity index (χ3n) is 2.51. The summed E-state index contributed by atoms with van der Waals surface area (Å²) in [5.41, 5.74) is 6.61. The van der Waals surface area contributed by atoms with E-state index in [4.69, 9.17) is 15.6 Å². The lowest BCUT2D eigenvalue weighted by Crippen LogP contribution is -2.15. The average Bonchev–Trinajstić information content (AvgIpc) is 2.74. The molecule has 2 unspecified atom stereocenters. The molecule has 17 heavy (non-hydrogen) atoms. The fraction of sp³-hybridized carbons (Fsp3) is 0.455. The Hall–Kier alpha value is -1.24. The van der Waals surface area contributed by atoms with E-state index in [1.807, 2.05) is 19.2 Å². The second kappa shape index (κ2) is 4.95. The monoisotopic (exact) mass is 253 g/mol. The number of aliphatic hydroxyl groups is 1. The Morgan fingerprint density at radius 1 is 1.47 bits per heavy atom. The number of hydrogen-bond acceptors (Lipinski definition) is 6. The fourth-order valence-corrected chi connectivity index (χ4v) is 2.64. The van der Waals surface area contributed by atoms with E-state index in [9.17, 15) is 0 Å². The summed E-state index contributed by atoms with van der Waals surface area (Å²) in [4.78, 5) is 9.19. The first kappa shape index (κ1) is 12.2. The molecule has 0 aliphatic heterocycles. The van der Waals surface area contributed by atoms with Crippen molar-refractivity contribution in [3.05, 3.63) is 16.6 Å². The van der Waals surface area contributed by atoms with Crippen LogP contribution in [-0.2, 0) is 4.74 Å². The van der Waals surface area contributed by atoms with Gasteiger partial charge in [-0.25, -0.2) is 9.97 Å². The third kappa shape index (κ3) is 2.38. The summed E-state index contributed by atoms with van der Waals surface area (Å²) in [5.74, 6) is 0.486. The SMILES string of the molecule is CC(CO)OC(C)c1scc2c(N)ncnc12. The maximum Gasteiger partial charge on any atom is 0.135 e. The number of ether oxygens (including phenoxy) is 1. The van der Waals surface area contributed by atoms with Crippen molar-refractivity contribution in [2.75, 3.05) is 12.3 Å². The molecule has 92 valence electrons. The van der Waals surface area contributed by atoms with E-state index in [1.54, 1.807) is 11.3 Å². The topological polar surface area (TPSA) is 81.3 Å². The van der Waals surface area contributed by atoms with Crippen LogP contribution in [0.15, 0.2) is 11.7 Å². The summed E-state index contributed by atoms with van der Waals surface area (Å²) in [6, 6.07) is 0. The summed E-state index contributed by atoms with van der Waals surface area (Å²) in [5, 5.41) is 11.8. The van der Waals surface area contributed by atoms with Gasteiger partial charge in [0.25, 0.3) is 0 Å².